The lowest BCUT2D eigenvalue weighted by atomic mass is 10.1. The van der Waals surface area contributed by atoms with Gasteiger partial charge in [-0.3, -0.25) is 0 Å². The summed E-state index contributed by atoms with van der Waals surface area (Å²) in [6, 6.07) is 9.55. The molecule has 0 radical (unpaired) electrons. The van der Waals surface area contributed by atoms with E-state index in [0.717, 1.165) is 33.6 Å². The molecule has 2 aromatic carbocycles. The molecular weight excluding hydrogens is 302 g/mol. The summed E-state index contributed by atoms with van der Waals surface area (Å²) in [5.41, 5.74) is 4.22. The third-order valence-corrected chi connectivity index (χ3v) is 3.98. The maximum absolute atomic E-state index is 11.3. The number of aromatic nitrogens is 2. The van der Waals surface area contributed by atoms with Crippen LogP contribution < -0.4 is 15.7 Å². The van der Waals surface area contributed by atoms with Crippen molar-refractivity contribution in [2.24, 2.45) is 0 Å². The van der Waals surface area contributed by atoms with Gasteiger partial charge in [-0.25, -0.2) is 4.79 Å². The highest BCUT2D eigenvalue weighted by molar-refractivity contribution is 6.31. The quantitative estimate of drug-likeness (QED) is 0.690. The fourth-order valence-corrected chi connectivity index (χ4v) is 2.60. The van der Waals surface area contributed by atoms with Crippen molar-refractivity contribution < 1.29 is 4.74 Å². The molecule has 0 saturated heterocycles. The summed E-state index contributed by atoms with van der Waals surface area (Å²) < 4.78 is 5.32. The largest absolute Gasteiger partial charge is 0.496 e. The van der Waals surface area contributed by atoms with Gasteiger partial charge in [-0.2, -0.15) is 0 Å². The van der Waals surface area contributed by atoms with Crippen LogP contribution in [0.4, 0.5) is 5.69 Å². The van der Waals surface area contributed by atoms with E-state index >= 15 is 0 Å². The van der Waals surface area contributed by atoms with Crippen molar-refractivity contribution in [2.75, 3.05) is 12.4 Å². The molecule has 5 nitrogen and oxygen atoms in total. The molecule has 0 aliphatic carbocycles. The van der Waals surface area contributed by atoms with Crippen molar-refractivity contribution in [2.45, 2.75) is 13.5 Å². The minimum absolute atomic E-state index is 0.206. The lowest BCUT2D eigenvalue weighted by Crippen LogP contribution is -2.01. The lowest BCUT2D eigenvalue weighted by molar-refractivity contribution is 0.411. The summed E-state index contributed by atoms with van der Waals surface area (Å²) in [5.74, 6) is 0.773. The van der Waals surface area contributed by atoms with E-state index in [4.69, 9.17) is 16.3 Å². The number of rotatable bonds is 4. The number of ether oxygens (including phenoxy) is 1. The van der Waals surface area contributed by atoms with Crippen LogP contribution in [0.2, 0.25) is 5.02 Å². The number of methoxy groups -OCH3 is 1. The topological polar surface area (TPSA) is 69.9 Å². The zero-order valence-corrected chi connectivity index (χ0v) is 13.0. The van der Waals surface area contributed by atoms with Crippen molar-refractivity contribution >= 4 is 28.3 Å². The molecule has 0 bridgehead atoms. The standard InChI is InChI=1S/C16H16ClN3O2/c1-9-12(17)5-10(6-15(9)22-2)8-18-11-3-4-13-14(7-11)20-16(21)19-13/h3-7,18H,8H2,1-2H3,(H2,19,20,21). The van der Waals surface area contributed by atoms with Gasteiger partial charge in [-0.15, -0.1) is 0 Å². The molecule has 0 atom stereocenters. The average Bonchev–Trinajstić information content (AvgIpc) is 2.87. The zero-order valence-electron chi connectivity index (χ0n) is 12.3. The molecule has 0 unspecified atom stereocenters. The second-order valence-corrected chi connectivity index (χ2v) is 5.51. The monoisotopic (exact) mass is 317 g/mol. The van der Waals surface area contributed by atoms with Gasteiger partial charge >= 0.3 is 5.69 Å². The Morgan fingerprint density at radius 2 is 1.95 bits per heavy atom. The third-order valence-electron chi connectivity index (χ3n) is 3.59. The number of imidazole rings is 1. The molecule has 114 valence electrons. The Bertz CT molecular complexity index is 883. The van der Waals surface area contributed by atoms with Crippen LogP contribution in [0.15, 0.2) is 35.1 Å². The van der Waals surface area contributed by atoms with E-state index in [1.54, 1.807) is 7.11 Å². The minimum Gasteiger partial charge on any atom is -0.496 e. The van der Waals surface area contributed by atoms with E-state index < -0.39 is 0 Å². The molecule has 1 aromatic heterocycles. The molecule has 3 rings (SSSR count). The molecular formula is C16H16ClN3O2. The van der Waals surface area contributed by atoms with E-state index in [2.05, 4.69) is 15.3 Å². The number of H-pyrrole nitrogens is 2. The fraction of sp³-hybridized carbons (Fsp3) is 0.188. The van der Waals surface area contributed by atoms with Gasteiger partial charge in [0, 0.05) is 22.8 Å². The molecule has 0 saturated carbocycles. The first-order valence-electron chi connectivity index (χ1n) is 6.86. The van der Waals surface area contributed by atoms with Gasteiger partial charge in [0.15, 0.2) is 0 Å². The van der Waals surface area contributed by atoms with E-state index in [9.17, 15) is 4.79 Å². The van der Waals surface area contributed by atoms with Crippen LogP contribution in [0.25, 0.3) is 11.0 Å². The molecule has 0 spiro atoms. The van der Waals surface area contributed by atoms with Crippen molar-refractivity contribution in [3.8, 4) is 5.75 Å². The molecule has 1 heterocycles. The Morgan fingerprint density at radius 3 is 2.73 bits per heavy atom. The summed E-state index contributed by atoms with van der Waals surface area (Å²) in [6.07, 6.45) is 0. The van der Waals surface area contributed by atoms with Crippen LogP contribution in [-0.4, -0.2) is 17.1 Å². The van der Waals surface area contributed by atoms with Gasteiger partial charge in [0.05, 0.1) is 18.1 Å². The Hall–Kier alpha value is -2.40. The Morgan fingerprint density at radius 1 is 1.18 bits per heavy atom. The maximum atomic E-state index is 11.3. The third kappa shape index (κ3) is 2.80. The number of nitrogens with one attached hydrogen (secondary N) is 3. The van der Waals surface area contributed by atoms with E-state index in [1.165, 1.54) is 0 Å². The van der Waals surface area contributed by atoms with Gasteiger partial charge in [0.2, 0.25) is 0 Å². The molecule has 0 aliphatic heterocycles. The Kier molecular flexibility index (Phi) is 3.81. The second-order valence-electron chi connectivity index (χ2n) is 5.10. The minimum atomic E-state index is -0.206. The van der Waals surface area contributed by atoms with Gasteiger partial charge in [-0.1, -0.05) is 11.6 Å². The molecule has 0 aliphatic rings. The summed E-state index contributed by atoms with van der Waals surface area (Å²) >= 11 is 6.21. The first-order valence-corrected chi connectivity index (χ1v) is 7.23. The Labute approximate surface area is 132 Å². The highest BCUT2D eigenvalue weighted by Gasteiger charge is 2.06. The van der Waals surface area contributed by atoms with Crippen LogP contribution in [0.5, 0.6) is 5.75 Å². The van der Waals surface area contributed by atoms with Gasteiger partial charge in [0.1, 0.15) is 5.75 Å². The van der Waals surface area contributed by atoms with Gasteiger partial charge < -0.3 is 20.0 Å². The van der Waals surface area contributed by atoms with Crippen LogP contribution in [-0.2, 0) is 6.54 Å². The fourth-order valence-electron chi connectivity index (χ4n) is 2.37. The van der Waals surface area contributed by atoms with Crippen LogP contribution in [0, 0.1) is 6.92 Å². The lowest BCUT2D eigenvalue weighted by Gasteiger charge is -2.11. The highest BCUT2D eigenvalue weighted by Crippen LogP contribution is 2.28. The van der Waals surface area contributed by atoms with E-state index in [-0.39, 0.29) is 5.69 Å². The number of aromatic amines is 2. The van der Waals surface area contributed by atoms with Crippen LogP contribution >= 0.6 is 11.6 Å². The number of benzene rings is 2. The van der Waals surface area contributed by atoms with Crippen molar-refractivity contribution in [1.29, 1.82) is 0 Å². The molecule has 22 heavy (non-hydrogen) atoms. The molecule has 3 aromatic rings. The SMILES string of the molecule is COc1cc(CNc2ccc3[nH]c(=O)[nH]c3c2)cc(Cl)c1C. The summed E-state index contributed by atoms with van der Waals surface area (Å²) in [5, 5.41) is 3.99. The van der Waals surface area contributed by atoms with E-state index in [0.29, 0.717) is 11.6 Å². The summed E-state index contributed by atoms with van der Waals surface area (Å²) in [7, 11) is 1.63. The average molecular weight is 318 g/mol. The number of fused-ring (bicyclic) bond motifs is 1. The predicted molar refractivity (Wildman–Crippen MR) is 89.0 cm³/mol. The molecule has 0 fully saturated rings. The molecule has 0 amide bonds. The molecule has 3 N–H and O–H groups in total. The smallest absolute Gasteiger partial charge is 0.323 e. The maximum Gasteiger partial charge on any atom is 0.323 e. The first kappa shape index (κ1) is 14.5. The number of hydrogen-bond acceptors (Lipinski definition) is 3. The van der Waals surface area contributed by atoms with Crippen molar-refractivity contribution in [3.63, 3.8) is 0 Å². The highest BCUT2D eigenvalue weighted by atomic mass is 35.5. The van der Waals surface area contributed by atoms with E-state index in [1.807, 2.05) is 37.3 Å². The second kappa shape index (κ2) is 5.77. The Balaban J connectivity index is 1.81. The van der Waals surface area contributed by atoms with Crippen LogP contribution in [0.3, 0.4) is 0 Å². The number of halogens is 1. The first-order chi connectivity index (χ1) is 10.6. The predicted octanol–water partition coefficient (Wildman–Crippen LogP) is 3.44. The normalized spacial score (nSPS) is 10.9. The molecule has 6 heteroatoms. The van der Waals surface area contributed by atoms with Gasteiger partial charge in [0.25, 0.3) is 0 Å². The summed E-state index contributed by atoms with van der Waals surface area (Å²) in [4.78, 5) is 16.7. The van der Waals surface area contributed by atoms with Gasteiger partial charge in [-0.05, 0) is 42.8 Å². The van der Waals surface area contributed by atoms with Crippen molar-refractivity contribution in [1.82, 2.24) is 9.97 Å². The number of hydrogen-bond donors (Lipinski definition) is 3. The number of anilines is 1. The van der Waals surface area contributed by atoms with Crippen molar-refractivity contribution in [3.05, 3.63) is 57.0 Å². The summed E-state index contributed by atoms with van der Waals surface area (Å²) in [6.45, 7) is 2.53. The zero-order chi connectivity index (χ0) is 15.7. The van der Waals surface area contributed by atoms with Crippen LogP contribution in [0.1, 0.15) is 11.1 Å².